The number of aromatic nitrogens is 2. The molecule has 2 heterocycles. The Morgan fingerprint density at radius 1 is 1.42 bits per heavy atom. The minimum absolute atomic E-state index is 0.225. The second kappa shape index (κ2) is 5.47. The lowest BCUT2D eigenvalue weighted by Gasteiger charge is -2.01. The van der Waals surface area contributed by atoms with Gasteiger partial charge < -0.3 is 5.11 Å². The van der Waals surface area contributed by atoms with Crippen LogP contribution in [0.3, 0.4) is 0 Å². The first-order valence-electron chi connectivity index (χ1n) is 5.26. The van der Waals surface area contributed by atoms with Crippen LogP contribution in [0.4, 0.5) is 13.2 Å². The number of alkyl halides is 3. The number of nitrogens with zero attached hydrogens (tertiary/aromatic N) is 2. The van der Waals surface area contributed by atoms with Crippen molar-refractivity contribution in [2.45, 2.75) is 12.7 Å². The van der Waals surface area contributed by atoms with Crippen LogP contribution in [0.5, 0.6) is 0 Å². The highest BCUT2D eigenvalue weighted by atomic mass is 32.1. The smallest absolute Gasteiger partial charge is 0.384 e. The molecule has 0 spiro atoms. The van der Waals surface area contributed by atoms with Crippen LogP contribution in [0.25, 0.3) is 0 Å². The van der Waals surface area contributed by atoms with Gasteiger partial charge in [0.1, 0.15) is 6.61 Å². The normalized spacial score (nSPS) is 11.2. The van der Waals surface area contributed by atoms with Gasteiger partial charge in [0.25, 0.3) is 0 Å². The van der Waals surface area contributed by atoms with Crippen molar-refractivity contribution in [2.24, 2.45) is 0 Å². The summed E-state index contributed by atoms with van der Waals surface area (Å²) in [6, 6.07) is 1.76. The Morgan fingerprint density at radius 3 is 2.84 bits per heavy atom. The van der Waals surface area contributed by atoms with E-state index in [9.17, 15) is 13.2 Å². The maximum Gasteiger partial charge on any atom is 0.419 e. The maximum atomic E-state index is 12.4. The Kier molecular flexibility index (Phi) is 3.93. The predicted octanol–water partition coefficient (Wildman–Crippen LogP) is 2.36. The quantitative estimate of drug-likeness (QED) is 0.861. The number of rotatable bonds is 2. The average molecular weight is 286 g/mol. The van der Waals surface area contributed by atoms with Gasteiger partial charge in [0.15, 0.2) is 0 Å². The maximum absolute atomic E-state index is 12.4. The molecule has 0 aliphatic carbocycles. The molecule has 3 nitrogen and oxygen atoms in total. The van der Waals surface area contributed by atoms with Crippen molar-refractivity contribution < 1.29 is 18.3 Å². The van der Waals surface area contributed by atoms with Crippen molar-refractivity contribution in [3.8, 4) is 11.8 Å². The van der Waals surface area contributed by atoms with Crippen LogP contribution in [0.2, 0.25) is 0 Å². The molecule has 0 amide bonds. The fourth-order valence-electron chi connectivity index (χ4n) is 1.45. The lowest BCUT2D eigenvalue weighted by molar-refractivity contribution is -0.137. The van der Waals surface area contributed by atoms with E-state index in [2.05, 4.69) is 16.9 Å². The lowest BCUT2D eigenvalue weighted by atomic mass is 10.2. The summed E-state index contributed by atoms with van der Waals surface area (Å²) in [6.45, 7) is -0.0293. The fraction of sp³-hybridized carbons (Fsp3) is 0.250. The van der Waals surface area contributed by atoms with Gasteiger partial charge >= 0.3 is 6.18 Å². The van der Waals surface area contributed by atoms with Crippen LogP contribution >= 0.6 is 11.3 Å². The van der Waals surface area contributed by atoms with Crippen molar-refractivity contribution in [3.63, 3.8) is 0 Å². The number of aliphatic hydroxyl groups is 1. The number of halogens is 3. The molecule has 0 fully saturated rings. The molecule has 0 bridgehead atoms. The molecule has 100 valence electrons. The van der Waals surface area contributed by atoms with E-state index in [-0.39, 0.29) is 13.2 Å². The molecule has 0 unspecified atom stereocenters. The summed E-state index contributed by atoms with van der Waals surface area (Å²) in [5.41, 5.74) is -0.0739. The minimum atomic E-state index is -4.38. The standard InChI is InChI=1S/C12H9F3N2OS/c13-12(14,15)10-6-16-17(7-10)8-11-9(2-1-4-18)3-5-19-11/h3,5-7,18H,4,8H2. The highest BCUT2D eigenvalue weighted by Gasteiger charge is 2.32. The van der Waals surface area contributed by atoms with Gasteiger partial charge in [0.2, 0.25) is 0 Å². The molecule has 2 rings (SSSR count). The number of thiophene rings is 1. The Labute approximate surface area is 111 Å². The third kappa shape index (κ3) is 3.36. The first-order valence-corrected chi connectivity index (χ1v) is 6.14. The summed E-state index contributed by atoms with van der Waals surface area (Å²) in [4.78, 5) is 0.803. The molecule has 0 radical (unpaired) electrons. The molecule has 0 aromatic carbocycles. The number of aliphatic hydroxyl groups excluding tert-OH is 1. The van der Waals surface area contributed by atoms with Crippen LogP contribution in [-0.2, 0) is 12.7 Å². The van der Waals surface area contributed by atoms with Gasteiger partial charge in [-0.05, 0) is 11.4 Å². The SMILES string of the molecule is OCC#Cc1ccsc1Cn1cc(C(F)(F)F)cn1. The highest BCUT2D eigenvalue weighted by Crippen LogP contribution is 2.28. The van der Waals surface area contributed by atoms with Crippen molar-refractivity contribution in [3.05, 3.63) is 39.8 Å². The number of hydrogen-bond acceptors (Lipinski definition) is 3. The molecule has 1 N–H and O–H groups in total. The Bertz CT molecular complexity index is 619. The lowest BCUT2D eigenvalue weighted by Crippen LogP contribution is -2.04. The van der Waals surface area contributed by atoms with E-state index in [1.54, 1.807) is 11.4 Å². The van der Waals surface area contributed by atoms with E-state index in [4.69, 9.17) is 5.11 Å². The third-order valence-electron chi connectivity index (χ3n) is 2.31. The topological polar surface area (TPSA) is 38.0 Å². The molecular formula is C12H9F3N2OS. The first-order chi connectivity index (χ1) is 9.00. The molecule has 0 saturated heterocycles. The summed E-state index contributed by atoms with van der Waals surface area (Å²) in [5.74, 6) is 5.26. The van der Waals surface area contributed by atoms with Gasteiger partial charge in [0, 0.05) is 16.6 Å². The second-order valence-corrected chi connectivity index (χ2v) is 4.64. The zero-order chi connectivity index (χ0) is 13.9. The third-order valence-corrected chi connectivity index (χ3v) is 3.22. The van der Waals surface area contributed by atoms with Gasteiger partial charge in [0.05, 0.1) is 18.3 Å². The molecular weight excluding hydrogens is 277 g/mol. The van der Waals surface area contributed by atoms with E-state index >= 15 is 0 Å². The molecule has 0 aliphatic heterocycles. The predicted molar refractivity (Wildman–Crippen MR) is 64.6 cm³/mol. The average Bonchev–Trinajstić information content (AvgIpc) is 2.95. The zero-order valence-electron chi connectivity index (χ0n) is 9.61. The molecule has 19 heavy (non-hydrogen) atoms. The summed E-state index contributed by atoms with van der Waals surface area (Å²) in [5, 5.41) is 14.1. The van der Waals surface area contributed by atoms with Crippen LogP contribution < -0.4 is 0 Å². The van der Waals surface area contributed by atoms with Crippen molar-refractivity contribution in [2.75, 3.05) is 6.61 Å². The van der Waals surface area contributed by atoms with Crippen molar-refractivity contribution >= 4 is 11.3 Å². The summed E-state index contributed by atoms with van der Waals surface area (Å²) in [6.07, 6.45) is -2.62. The Hall–Kier alpha value is -1.78. The van der Waals surface area contributed by atoms with E-state index in [1.165, 1.54) is 16.0 Å². The second-order valence-electron chi connectivity index (χ2n) is 3.64. The molecule has 2 aromatic heterocycles. The van der Waals surface area contributed by atoms with Crippen molar-refractivity contribution in [1.29, 1.82) is 0 Å². The molecule has 0 aliphatic rings. The van der Waals surface area contributed by atoms with Crippen LogP contribution in [0, 0.1) is 11.8 Å². The molecule has 0 saturated carbocycles. The fourth-order valence-corrected chi connectivity index (χ4v) is 2.27. The van der Waals surface area contributed by atoms with E-state index in [0.29, 0.717) is 5.56 Å². The van der Waals surface area contributed by atoms with Gasteiger partial charge in [-0.3, -0.25) is 4.68 Å². The monoisotopic (exact) mass is 286 g/mol. The Morgan fingerprint density at radius 2 is 2.21 bits per heavy atom. The van der Waals surface area contributed by atoms with E-state index < -0.39 is 11.7 Å². The largest absolute Gasteiger partial charge is 0.419 e. The Balaban J connectivity index is 2.18. The van der Waals surface area contributed by atoms with E-state index in [1.807, 2.05) is 0 Å². The summed E-state index contributed by atoms with van der Waals surface area (Å²) < 4.78 is 38.5. The van der Waals surface area contributed by atoms with Crippen LogP contribution in [0.15, 0.2) is 23.8 Å². The minimum Gasteiger partial charge on any atom is -0.384 e. The first kappa shape index (κ1) is 13.6. The molecule has 0 atom stereocenters. The van der Waals surface area contributed by atoms with Gasteiger partial charge in [-0.2, -0.15) is 18.3 Å². The van der Waals surface area contributed by atoms with Gasteiger partial charge in [-0.1, -0.05) is 11.8 Å². The summed E-state index contributed by atoms with van der Waals surface area (Å²) >= 11 is 1.39. The van der Waals surface area contributed by atoms with Gasteiger partial charge in [-0.25, -0.2) is 0 Å². The van der Waals surface area contributed by atoms with Crippen molar-refractivity contribution in [1.82, 2.24) is 9.78 Å². The molecule has 2 aromatic rings. The van der Waals surface area contributed by atoms with E-state index in [0.717, 1.165) is 17.3 Å². The number of hydrogen-bond donors (Lipinski definition) is 1. The summed E-state index contributed by atoms with van der Waals surface area (Å²) in [7, 11) is 0. The van der Waals surface area contributed by atoms with Crippen LogP contribution in [0.1, 0.15) is 16.0 Å². The highest BCUT2D eigenvalue weighted by molar-refractivity contribution is 7.10. The van der Waals surface area contributed by atoms with Gasteiger partial charge in [-0.15, -0.1) is 11.3 Å². The van der Waals surface area contributed by atoms with Crippen LogP contribution in [-0.4, -0.2) is 21.5 Å². The molecule has 7 heteroatoms. The zero-order valence-corrected chi connectivity index (χ0v) is 10.4.